The highest BCUT2D eigenvalue weighted by atomic mass is 15.3. The van der Waals surface area contributed by atoms with E-state index in [2.05, 4.69) is 10.2 Å². The predicted molar refractivity (Wildman–Crippen MR) is 50.7 cm³/mol. The van der Waals surface area contributed by atoms with Crippen molar-refractivity contribution >= 4 is 11.6 Å². The second-order valence-corrected chi connectivity index (χ2v) is 3.04. The van der Waals surface area contributed by atoms with Gasteiger partial charge in [0.1, 0.15) is 0 Å². The van der Waals surface area contributed by atoms with Crippen LogP contribution in [0.25, 0.3) is 0 Å². The Hall–Kier alpha value is -1.32. The Morgan fingerprint density at radius 2 is 1.17 bits per heavy atom. The molecule has 0 aliphatic rings. The first kappa shape index (κ1) is 8.77. The van der Waals surface area contributed by atoms with Gasteiger partial charge < -0.3 is 9.80 Å². The van der Waals surface area contributed by atoms with Crippen LogP contribution in [0.5, 0.6) is 0 Å². The number of rotatable bonds is 2. The fraction of sp³-hybridized carbons (Fsp3) is 0.500. The monoisotopic (exact) mass is 166 g/mol. The summed E-state index contributed by atoms with van der Waals surface area (Å²) in [5.74, 6) is 1.75. The van der Waals surface area contributed by atoms with Gasteiger partial charge in [0.2, 0.25) is 0 Å². The minimum absolute atomic E-state index is 0.876. The van der Waals surface area contributed by atoms with Crippen molar-refractivity contribution in [1.82, 2.24) is 10.2 Å². The molecule has 0 saturated carbocycles. The molecule has 1 aromatic heterocycles. The lowest BCUT2D eigenvalue weighted by atomic mass is 10.4. The quantitative estimate of drug-likeness (QED) is 0.644. The molecule has 4 nitrogen and oxygen atoms in total. The highest BCUT2D eigenvalue weighted by molar-refractivity contribution is 5.42. The molecule has 0 spiro atoms. The van der Waals surface area contributed by atoms with Crippen LogP contribution in [0.4, 0.5) is 11.6 Å². The van der Waals surface area contributed by atoms with Gasteiger partial charge in [-0.3, -0.25) is 0 Å². The minimum atomic E-state index is 0.876. The van der Waals surface area contributed by atoms with Crippen molar-refractivity contribution in [3.63, 3.8) is 0 Å². The van der Waals surface area contributed by atoms with E-state index in [1.807, 2.05) is 50.1 Å². The van der Waals surface area contributed by atoms with Gasteiger partial charge in [0.05, 0.1) is 0 Å². The van der Waals surface area contributed by atoms with E-state index in [9.17, 15) is 0 Å². The van der Waals surface area contributed by atoms with Gasteiger partial charge in [-0.1, -0.05) is 0 Å². The molecule has 0 aliphatic heterocycles. The van der Waals surface area contributed by atoms with Gasteiger partial charge in [-0.2, -0.15) is 0 Å². The average Bonchev–Trinajstić information content (AvgIpc) is 2.04. The molecule has 0 bridgehead atoms. The van der Waals surface area contributed by atoms with Crippen molar-refractivity contribution in [1.29, 1.82) is 0 Å². The van der Waals surface area contributed by atoms with E-state index in [0.717, 1.165) is 11.6 Å². The first-order chi connectivity index (χ1) is 5.61. The SMILES string of the molecule is CN(C)c1ccc(N(C)C)nn1. The van der Waals surface area contributed by atoms with E-state index in [1.165, 1.54) is 0 Å². The van der Waals surface area contributed by atoms with Crippen molar-refractivity contribution < 1.29 is 0 Å². The molecule has 0 aliphatic carbocycles. The van der Waals surface area contributed by atoms with Crippen molar-refractivity contribution in [2.45, 2.75) is 0 Å². The maximum Gasteiger partial charge on any atom is 0.150 e. The van der Waals surface area contributed by atoms with Crippen LogP contribution in [-0.4, -0.2) is 38.4 Å². The Morgan fingerprint density at radius 3 is 1.33 bits per heavy atom. The van der Waals surface area contributed by atoms with Gasteiger partial charge in [0.25, 0.3) is 0 Å². The average molecular weight is 166 g/mol. The lowest BCUT2D eigenvalue weighted by Gasteiger charge is -2.13. The Bertz CT molecular complexity index is 213. The number of hydrogen-bond donors (Lipinski definition) is 0. The normalized spacial score (nSPS) is 9.67. The zero-order valence-electron chi connectivity index (χ0n) is 7.94. The molecule has 1 aromatic rings. The predicted octanol–water partition coefficient (Wildman–Crippen LogP) is 0.609. The molecule has 0 N–H and O–H groups in total. The van der Waals surface area contributed by atoms with Crippen LogP contribution in [0, 0.1) is 0 Å². The molecule has 1 rings (SSSR count). The third-order valence-corrected chi connectivity index (χ3v) is 1.55. The van der Waals surface area contributed by atoms with Crippen LogP contribution >= 0.6 is 0 Å². The summed E-state index contributed by atoms with van der Waals surface area (Å²) in [5.41, 5.74) is 0. The Kier molecular flexibility index (Phi) is 2.47. The molecule has 0 fully saturated rings. The summed E-state index contributed by atoms with van der Waals surface area (Å²) >= 11 is 0. The number of hydrogen-bond acceptors (Lipinski definition) is 4. The first-order valence-electron chi connectivity index (χ1n) is 3.79. The molecule has 4 heteroatoms. The molecule has 0 radical (unpaired) electrons. The Labute approximate surface area is 72.8 Å². The number of aromatic nitrogens is 2. The summed E-state index contributed by atoms with van der Waals surface area (Å²) in [6, 6.07) is 3.89. The number of nitrogens with zero attached hydrogens (tertiary/aromatic N) is 4. The maximum atomic E-state index is 4.03. The van der Waals surface area contributed by atoms with E-state index in [-0.39, 0.29) is 0 Å². The van der Waals surface area contributed by atoms with Crippen LogP contribution < -0.4 is 9.80 Å². The molecule has 12 heavy (non-hydrogen) atoms. The second kappa shape index (κ2) is 3.38. The summed E-state index contributed by atoms with van der Waals surface area (Å²) in [6.45, 7) is 0. The molecular weight excluding hydrogens is 152 g/mol. The summed E-state index contributed by atoms with van der Waals surface area (Å²) in [6.07, 6.45) is 0. The van der Waals surface area contributed by atoms with E-state index in [0.29, 0.717) is 0 Å². The fourth-order valence-corrected chi connectivity index (χ4v) is 0.795. The fourth-order valence-electron chi connectivity index (χ4n) is 0.795. The Balaban J connectivity index is 2.86. The molecule has 66 valence electrons. The van der Waals surface area contributed by atoms with Crippen molar-refractivity contribution in [2.75, 3.05) is 38.0 Å². The summed E-state index contributed by atoms with van der Waals surface area (Å²) in [4.78, 5) is 3.85. The largest absolute Gasteiger partial charge is 0.361 e. The molecule has 0 amide bonds. The van der Waals surface area contributed by atoms with Crippen molar-refractivity contribution in [3.05, 3.63) is 12.1 Å². The molecule has 0 saturated heterocycles. The van der Waals surface area contributed by atoms with Crippen LogP contribution in [0.2, 0.25) is 0 Å². The Morgan fingerprint density at radius 1 is 0.833 bits per heavy atom. The smallest absolute Gasteiger partial charge is 0.150 e. The summed E-state index contributed by atoms with van der Waals surface area (Å²) in [5, 5.41) is 8.07. The third kappa shape index (κ3) is 1.84. The molecular formula is C8H14N4. The van der Waals surface area contributed by atoms with Crippen LogP contribution in [-0.2, 0) is 0 Å². The second-order valence-electron chi connectivity index (χ2n) is 3.04. The highest BCUT2D eigenvalue weighted by Gasteiger charge is 1.99. The topological polar surface area (TPSA) is 32.3 Å². The molecule has 1 heterocycles. The van der Waals surface area contributed by atoms with E-state index < -0.39 is 0 Å². The highest BCUT2D eigenvalue weighted by Crippen LogP contribution is 2.09. The third-order valence-electron chi connectivity index (χ3n) is 1.55. The van der Waals surface area contributed by atoms with Gasteiger partial charge in [-0.25, -0.2) is 0 Å². The van der Waals surface area contributed by atoms with Crippen LogP contribution in [0.3, 0.4) is 0 Å². The lowest BCUT2D eigenvalue weighted by molar-refractivity contribution is 0.930. The van der Waals surface area contributed by atoms with E-state index in [1.54, 1.807) is 0 Å². The van der Waals surface area contributed by atoms with Crippen molar-refractivity contribution in [3.8, 4) is 0 Å². The zero-order valence-corrected chi connectivity index (χ0v) is 7.94. The van der Waals surface area contributed by atoms with E-state index in [4.69, 9.17) is 0 Å². The summed E-state index contributed by atoms with van der Waals surface area (Å²) < 4.78 is 0. The standard InChI is InChI=1S/C8H14N4/c1-11(2)7-5-6-8(10-9-7)12(3)4/h5-6H,1-4H3. The lowest BCUT2D eigenvalue weighted by Crippen LogP contribution is -2.14. The van der Waals surface area contributed by atoms with Crippen LogP contribution in [0.15, 0.2) is 12.1 Å². The molecule has 0 unspecified atom stereocenters. The van der Waals surface area contributed by atoms with Gasteiger partial charge in [-0.05, 0) is 12.1 Å². The minimum Gasteiger partial charge on any atom is -0.361 e. The maximum absolute atomic E-state index is 4.03. The van der Waals surface area contributed by atoms with Crippen molar-refractivity contribution in [2.24, 2.45) is 0 Å². The summed E-state index contributed by atoms with van der Waals surface area (Å²) in [7, 11) is 7.78. The van der Waals surface area contributed by atoms with Crippen LogP contribution in [0.1, 0.15) is 0 Å². The van der Waals surface area contributed by atoms with E-state index >= 15 is 0 Å². The van der Waals surface area contributed by atoms with Gasteiger partial charge in [0, 0.05) is 28.2 Å². The zero-order chi connectivity index (χ0) is 9.14. The van der Waals surface area contributed by atoms with Gasteiger partial charge >= 0.3 is 0 Å². The van der Waals surface area contributed by atoms with Gasteiger partial charge in [-0.15, -0.1) is 10.2 Å². The first-order valence-corrected chi connectivity index (χ1v) is 3.79. The number of anilines is 2. The van der Waals surface area contributed by atoms with Gasteiger partial charge in [0.15, 0.2) is 11.6 Å². The molecule has 0 aromatic carbocycles. The molecule has 0 atom stereocenters.